The van der Waals surface area contributed by atoms with Crippen LogP contribution in [0.3, 0.4) is 0 Å². The summed E-state index contributed by atoms with van der Waals surface area (Å²) in [6.07, 6.45) is 30.0. The van der Waals surface area contributed by atoms with Crippen LogP contribution in [-0.2, 0) is 0 Å². The van der Waals surface area contributed by atoms with Crippen molar-refractivity contribution in [2.45, 2.75) is 135 Å². The van der Waals surface area contributed by atoms with E-state index in [0.717, 1.165) is 6.54 Å². The molecule has 0 aromatic rings. The Labute approximate surface area is 196 Å². The molecule has 0 atom stereocenters. The lowest BCUT2D eigenvalue weighted by molar-refractivity contribution is 0.520. The van der Waals surface area contributed by atoms with E-state index in [9.17, 15) is 0 Å². The third-order valence-electron chi connectivity index (χ3n) is 5.59. The minimum absolute atomic E-state index is 0.627. The predicted molar refractivity (Wildman–Crippen MR) is 140 cm³/mol. The van der Waals surface area contributed by atoms with Gasteiger partial charge in [0, 0.05) is 11.9 Å². The van der Waals surface area contributed by atoms with Gasteiger partial charge in [-0.1, -0.05) is 150 Å². The number of halogens is 1. The Hall–Kier alpha value is 0.720. The van der Waals surface area contributed by atoms with Crippen molar-refractivity contribution in [3.63, 3.8) is 0 Å². The average Bonchev–Trinajstić information content (AvgIpc) is 2.68. The molecule has 0 saturated carbocycles. The quantitative estimate of drug-likeness (QED) is 0.0635. The van der Waals surface area contributed by atoms with Crippen molar-refractivity contribution in [2.24, 2.45) is 0 Å². The normalized spacial score (nSPS) is 11.1. The van der Waals surface area contributed by atoms with E-state index in [-0.39, 0.29) is 0 Å². The van der Waals surface area contributed by atoms with E-state index in [0.29, 0.717) is 4.32 Å². The van der Waals surface area contributed by atoms with Crippen molar-refractivity contribution >= 4 is 45.1 Å². The van der Waals surface area contributed by atoms with Gasteiger partial charge in [-0.15, -0.1) is 12.6 Å². The van der Waals surface area contributed by atoms with Crippen molar-refractivity contribution in [1.29, 1.82) is 0 Å². The lowest BCUT2D eigenvalue weighted by atomic mass is 10.0. The molecule has 0 spiro atoms. The first-order chi connectivity index (χ1) is 13.8. The van der Waals surface area contributed by atoms with Gasteiger partial charge >= 0.3 is 0 Å². The molecule has 168 valence electrons. The Morgan fingerprint density at radius 2 is 0.750 bits per heavy atom. The monoisotopic (exact) mass is 493 g/mol. The molecule has 0 unspecified atom stereocenters. The molecule has 0 radical (unpaired) electrons. The highest BCUT2D eigenvalue weighted by atomic mass is 79.9. The molecule has 0 aliphatic heterocycles. The van der Waals surface area contributed by atoms with Crippen LogP contribution in [-0.4, -0.2) is 16.2 Å². The highest BCUT2D eigenvalue weighted by Gasteiger charge is 1.96. The summed E-state index contributed by atoms with van der Waals surface area (Å²) in [5.74, 6) is 0. The van der Waals surface area contributed by atoms with Gasteiger partial charge in [0.05, 0.1) is 0 Å². The summed E-state index contributed by atoms with van der Waals surface area (Å²) < 4.78 is 0.627. The van der Waals surface area contributed by atoms with E-state index in [1.54, 1.807) is 0 Å². The second-order valence-electron chi connectivity index (χ2n) is 8.35. The number of hydrogen-bond acceptors (Lipinski definition) is 1. The van der Waals surface area contributed by atoms with Crippen LogP contribution in [0, 0.1) is 0 Å². The highest BCUT2D eigenvalue weighted by molar-refractivity contribution is 9.09. The number of thiol groups is 1. The average molecular weight is 495 g/mol. The van der Waals surface area contributed by atoms with Crippen LogP contribution in [0.15, 0.2) is 0 Å². The Balaban J connectivity index is 2.99. The topological polar surface area (TPSA) is 12.0 Å². The minimum Gasteiger partial charge on any atom is -0.371 e. The summed E-state index contributed by atoms with van der Waals surface area (Å²) in [7, 11) is 0. The van der Waals surface area contributed by atoms with Gasteiger partial charge in [-0.2, -0.15) is 0 Å². The van der Waals surface area contributed by atoms with Crippen molar-refractivity contribution < 1.29 is 0 Å². The Bertz CT molecular complexity index is 313. The zero-order valence-electron chi connectivity index (χ0n) is 18.5. The van der Waals surface area contributed by atoms with Gasteiger partial charge in [0.15, 0.2) is 0 Å². The molecule has 28 heavy (non-hydrogen) atoms. The van der Waals surface area contributed by atoms with E-state index in [2.05, 4.69) is 33.9 Å². The lowest BCUT2D eigenvalue weighted by Gasteiger charge is -2.04. The summed E-state index contributed by atoms with van der Waals surface area (Å²) in [5, 5.41) is 4.28. The number of hydrogen-bond donors (Lipinski definition) is 2. The lowest BCUT2D eigenvalue weighted by Crippen LogP contribution is -2.17. The van der Waals surface area contributed by atoms with E-state index < -0.39 is 0 Å². The Morgan fingerprint density at radius 3 is 1.00 bits per heavy atom. The maximum absolute atomic E-state index is 4.88. The summed E-state index contributed by atoms with van der Waals surface area (Å²) in [5.41, 5.74) is 0. The van der Waals surface area contributed by atoms with Gasteiger partial charge in [-0.25, -0.2) is 0 Å². The fourth-order valence-corrected chi connectivity index (χ4v) is 4.38. The Morgan fingerprint density at radius 1 is 0.500 bits per heavy atom. The molecule has 0 bridgehead atoms. The zero-order valence-corrected chi connectivity index (χ0v) is 21.8. The standard InChI is InChI=1S/C24H48BrNS2/c25-22-20-18-16-14-12-10-8-6-4-2-1-3-5-7-9-11-13-15-17-19-21-23-26-24(27)28/h1-23H2,(H2,26,27,28). The summed E-state index contributed by atoms with van der Waals surface area (Å²) in [6.45, 7) is 0.986. The van der Waals surface area contributed by atoms with E-state index >= 15 is 0 Å². The molecule has 0 saturated heterocycles. The highest BCUT2D eigenvalue weighted by Crippen LogP contribution is 2.15. The number of nitrogens with one attached hydrogen (secondary N) is 1. The third kappa shape index (κ3) is 26.7. The fraction of sp³-hybridized carbons (Fsp3) is 0.958. The van der Waals surface area contributed by atoms with Crippen LogP contribution < -0.4 is 5.32 Å². The van der Waals surface area contributed by atoms with Crippen LogP contribution in [0.2, 0.25) is 0 Å². The second kappa shape index (κ2) is 25.8. The van der Waals surface area contributed by atoms with Crippen molar-refractivity contribution in [2.75, 3.05) is 11.9 Å². The SMILES string of the molecule is S=C(S)NCCCCCCCCCCCCCCCCCCCCCCCBr. The van der Waals surface area contributed by atoms with Gasteiger partial charge in [-0.05, 0) is 12.8 Å². The second-order valence-corrected chi connectivity index (χ2v) is 10.3. The number of unbranched alkanes of at least 4 members (excludes halogenated alkanes) is 20. The van der Waals surface area contributed by atoms with Crippen molar-refractivity contribution in [3.05, 3.63) is 0 Å². The molecule has 0 aliphatic carbocycles. The van der Waals surface area contributed by atoms with Gasteiger partial charge < -0.3 is 5.32 Å². The summed E-state index contributed by atoms with van der Waals surface area (Å²) >= 11 is 12.5. The maximum Gasteiger partial charge on any atom is 0.130 e. The van der Waals surface area contributed by atoms with Crippen LogP contribution >= 0.6 is 40.8 Å². The molecule has 1 N–H and O–H groups in total. The first-order valence-electron chi connectivity index (χ1n) is 12.3. The van der Waals surface area contributed by atoms with Gasteiger partial charge in [0.2, 0.25) is 0 Å². The molecule has 0 aromatic heterocycles. The van der Waals surface area contributed by atoms with Gasteiger partial charge in [0.1, 0.15) is 4.32 Å². The molecule has 0 aliphatic rings. The maximum atomic E-state index is 4.88. The zero-order chi connectivity index (χ0) is 20.5. The number of alkyl halides is 1. The third-order valence-corrected chi connectivity index (χ3v) is 6.45. The number of rotatable bonds is 23. The molecule has 0 fully saturated rings. The van der Waals surface area contributed by atoms with Crippen LogP contribution in [0.4, 0.5) is 0 Å². The van der Waals surface area contributed by atoms with E-state index in [4.69, 9.17) is 12.2 Å². The predicted octanol–water partition coefficient (Wildman–Crippen LogP) is 9.38. The summed E-state index contributed by atoms with van der Waals surface area (Å²) in [4.78, 5) is 0. The molecule has 4 heteroatoms. The largest absolute Gasteiger partial charge is 0.371 e. The first kappa shape index (κ1) is 28.7. The van der Waals surface area contributed by atoms with E-state index in [1.165, 1.54) is 140 Å². The molecule has 0 heterocycles. The molecule has 0 rings (SSSR count). The molecule has 0 amide bonds. The molecule has 0 aromatic carbocycles. The van der Waals surface area contributed by atoms with Crippen LogP contribution in [0.1, 0.15) is 135 Å². The number of thiocarbonyl (C=S) groups is 1. The van der Waals surface area contributed by atoms with E-state index in [1.807, 2.05) is 0 Å². The molecular weight excluding hydrogens is 446 g/mol. The smallest absolute Gasteiger partial charge is 0.130 e. The van der Waals surface area contributed by atoms with Crippen molar-refractivity contribution in [1.82, 2.24) is 5.32 Å². The minimum atomic E-state index is 0.627. The molecule has 1 nitrogen and oxygen atoms in total. The van der Waals surface area contributed by atoms with Crippen LogP contribution in [0.25, 0.3) is 0 Å². The molecular formula is C24H48BrNS2. The van der Waals surface area contributed by atoms with Gasteiger partial charge in [-0.3, -0.25) is 0 Å². The Kier molecular flexibility index (Phi) is 26.4. The first-order valence-corrected chi connectivity index (χ1v) is 14.3. The van der Waals surface area contributed by atoms with Crippen molar-refractivity contribution in [3.8, 4) is 0 Å². The summed E-state index contributed by atoms with van der Waals surface area (Å²) in [6, 6.07) is 0. The fourth-order valence-electron chi connectivity index (χ4n) is 3.77. The van der Waals surface area contributed by atoms with Crippen LogP contribution in [0.5, 0.6) is 0 Å². The van der Waals surface area contributed by atoms with Gasteiger partial charge in [0.25, 0.3) is 0 Å².